The van der Waals surface area contributed by atoms with E-state index in [1.165, 1.54) is 30.4 Å². The van der Waals surface area contributed by atoms with Crippen LogP contribution in [-0.2, 0) is 12.1 Å². The molecule has 3 aromatic heterocycles. The normalized spacial score (nSPS) is 20.2. The van der Waals surface area contributed by atoms with Crippen molar-refractivity contribution in [3.8, 4) is 5.75 Å². The molecule has 174 valence electrons. The molecule has 4 heterocycles. The third-order valence-corrected chi connectivity index (χ3v) is 6.37. The number of nitrogens with two attached hydrogens (primary N) is 1. The molecule has 0 fully saturated rings. The van der Waals surface area contributed by atoms with E-state index < -0.39 is 5.54 Å². The number of oxazole rings is 1. The van der Waals surface area contributed by atoms with E-state index in [-0.39, 0.29) is 17.7 Å². The Hall–Kier alpha value is -3.73. The second-order valence-electron chi connectivity index (χ2n) is 8.15. The average Bonchev–Trinajstić information content (AvgIpc) is 3.32. The van der Waals surface area contributed by atoms with Crippen LogP contribution < -0.4 is 15.8 Å². The zero-order valence-corrected chi connectivity index (χ0v) is 19.3. The van der Waals surface area contributed by atoms with Gasteiger partial charge in [0.25, 0.3) is 0 Å². The number of fused-ring (bicyclic) bond motifs is 1. The van der Waals surface area contributed by atoms with Gasteiger partial charge in [-0.15, -0.1) is 0 Å². The molecular weight excluding hydrogens is 457 g/mol. The minimum absolute atomic E-state index is 0.178. The van der Waals surface area contributed by atoms with Gasteiger partial charge >= 0.3 is 0 Å². The van der Waals surface area contributed by atoms with Gasteiger partial charge < -0.3 is 20.2 Å². The van der Waals surface area contributed by atoms with Crippen LogP contribution in [-0.4, -0.2) is 30.4 Å². The van der Waals surface area contributed by atoms with Crippen LogP contribution in [0.2, 0.25) is 0 Å². The van der Waals surface area contributed by atoms with Crippen LogP contribution >= 0.6 is 11.8 Å². The summed E-state index contributed by atoms with van der Waals surface area (Å²) in [5, 5.41) is 3.93. The molecule has 2 atom stereocenters. The number of benzene rings is 1. The number of amidine groups is 1. The standard InChI is InChI=1S/C23H22FN7O2S/c1-13-9-23(2,31-22(25)34-13)16-7-14(3-4-17(16)24)30-21-20-18(28-12-29-21)8-15(10-27-20)33-11-19-26-5-6-32-19/h3-8,10,12-13H,9,11H2,1-2H3,(H2,25,31)(H,28,29,30)/t13-,23+/m1/s1. The molecular formula is C23H22FN7O2S. The minimum atomic E-state index is -0.752. The summed E-state index contributed by atoms with van der Waals surface area (Å²) >= 11 is 1.50. The molecule has 0 unspecified atom stereocenters. The van der Waals surface area contributed by atoms with Crippen LogP contribution in [0.15, 0.2) is 58.7 Å². The molecule has 0 aliphatic carbocycles. The van der Waals surface area contributed by atoms with Gasteiger partial charge in [-0.2, -0.15) is 0 Å². The van der Waals surface area contributed by atoms with Gasteiger partial charge in [0.15, 0.2) is 17.6 Å². The summed E-state index contributed by atoms with van der Waals surface area (Å²) in [6, 6.07) is 6.58. The van der Waals surface area contributed by atoms with Crippen molar-refractivity contribution in [1.29, 1.82) is 0 Å². The fraction of sp³-hybridized carbons (Fsp3) is 0.261. The monoisotopic (exact) mass is 479 g/mol. The number of aromatic nitrogens is 4. The predicted molar refractivity (Wildman–Crippen MR) is 128 cm³/mol. The zero-order valence-electron chi connectivity index (χ0n) is 18.5. The quantitative estimate of drug-likeness (QED) is 0.410. The largest absolute Gasteiger partial charge is 0.482 e. The molecule has 3 N–H and O–H groups in total. The Morgan fingerprint density at radius 1 is 1.26 bits per heavy atom. The highest BCUT2D eigenvalue weighted by molar-refractivity contribution is 8.14. The lowest BCUT2D eigenvalue weighted by atomic mass is 9.87. The number of ether oxygens (including phenoxy) is 1. The van der Waals surface area contributed by atoms with E-state index in [2.05, 4.69) is 37.2 Å². The van der Waals surface area contributed by atoms with Crippen molar-refractivity contribution in [2.45, 2.75) is 37.7 Å². The number of thioether (sulfide) groups is 1. The second kappa shape index (κ2) is 8.90. The molecule has 0 spiro atoms. The van der Waals surface area contributed by atoms with Crippen LogP contribution in [0.4, 0.5) is 15.9 Å². The fourth-order valence-corrected chi connectivity index (χ4v) is 5.08. The molecule has 9 nitrogen and oxygen atoms in total. The van der Waals surface area contributed by atoms with Crippen molar-refractivity contribution in [1.82, 2.24) is 19.9 Å². The van der Waals surface area contributed by atoms with Gasteiger partial charge in [0.2, 0.25) is 5.89 Å². The summed E-state index contributed by atoms with van der Waals surface area (Å²) in [7, 11) is 0. The van der Waals surface area contributed by atoms with E-state index in [9.17, 15) is 4.39 Å². The maximum Gasteiger partial charge on any atom is 0.232 e. The summed E-state index contributed by atoms with van der Waals surface area (Å²) in [4.78, 5) is 21.7. The lowest BCUT2D eigenvalue weighted by Crippen LogP contribution is -2.33. The minimum Gasteiger partial charge on any atom is -0.482 e. The Balaban J connectivity index is 1.42. The Kier molecular flexibility index (Phi) is 5.78. The first-order valence-corrected chi connectivity index (χ1v) is 11.5. The average molecular weight is 480 g/mol. The number of anilines is 2. The van der Waals surface area contributed by atoms with Gasteiger partial charge in [-0.1, -0.05) is 18.7 Å². The zero-order chi connectivity index (χ0) is 23.7. The van der Waals surface area contributed by atoms with E-state index in [1.807, 2.05) is 6.92 Å². The van der Waals surface area contributed by atoms with Crippen LogP contribution in [0.5, 0.6) is 5.75 Å². The number of hydrogen-bond acceptors (Lipinski definition) is 10. The van der Waals surface area contributed by atoms with E-state index in [1.54, 1.807) is 30.6 Å². The van der Waals surface area contributed by atoms with E-state index in [0.717, 1.165) is 0 Å². The third kappa shape index (κ3) is 4.51. The van der Waals surface area contributed by atoms with Crippen LogP contribution in [0.1, 0.15) is 31.7 Å². The van der Waals surface area contributed by atoms with Gasteiger partial charge in [-0.3, -0.25) is 4.99 Å². The Morgan fingerprint density at radius 2 is 2.15 bits per heavy atom. The van der Waals surface area contributed by atoms with Crippen LogP contribution in [0.3, 0.4) is 0 Å². The lowest BCUT2D eigenvalue weighted by molar-refractivity contribution is 0.262. The number of rotatable bonds is 6. The first kappa shape index (κ1) is 22.1. The number of pyridine rings is 1. The van der Waals surface area contributed by atoms with E-state index in [4.69, 9.17) is 14.9 Å². The van der Waals surface area contributed by atoms with Gasteiger partial charge in [0.1, 0.15) is 29.7 Å². The number of aliphatic imine (C=N–C) groups is 1. The van der Waals surface area contributed by atoms with Crippen molar-refractivity contribution in [2.75, 3.05) is 5.32 Å². The summed E-state index contributed by atoms with van der Waals surface area (Å²) in [6.45, 7) is 4.14. The van der Waals surface area contributed by atoms with Gasteiger partial charge in [-0.25, -0.2) is 24.3 Å². The molecule has 5 rings (SSSR count). The first-order valence-electron chi connectivity index (χ1n) is 10.6. The van der Waals surface area contributed by atoms with Crippen molar-refractivity contribution in [3.05, 3.63) is 66.5 Å². The van der Waals surface area contributed by atoms with Crippen molar-refractivity contribution < 1.29 is 13.5 Å². The summed E-state index contributed by atoms with van der Waals surface area (Å²) in [6.07, 6.45) is 6.72. The number of halogens is 1. The smallest absolute Gasteiger partial charge is 0.232 e. The SMILES string of the molecule is C[C@@H]1C[C@@](C)(c2cc(Nc3ncnc4cc(OCc5ncco5)cnc34)ccc2F)N=C(N)S1. The van der Waals surface area contributed by atoms with E-state index >= 15 is 0 Å². The number of nitrogens with zero attached hydrogens (tertiary/aromatic N) is 5. The molecule has 34 heavy (non-hydrogen) atoms. The molecule has 0 radical (unpaired) electrons. The molecule has 1 aliphatic rings. The molecule has 0 amide bonds. The highest BCUT2D eigenvalue weighted by atomic mass is 32.2. The Labute approximate surface area is 199 Å². The maximum atomic E-state index is 14.9. The Bertz CT molecular complexity index is 1360. The highest BCUT2D eigenvalue weighted by Gasteiger charge is 2.35. The fourth-order valence-electron chi connectivity index (χ4n) is 4.01. The maximum absolute atomic E-state index is 14.9. The van der Waals surface area contributed by atoms with Crippen molar-refractivity contribution in [2.24, 2.45) is 10.7 Å². The molecule has 0 saturated heterocycles. The summed E-state index contributed by atoms with van der Waals surface area (Å²) in [5.74, 6) is 1.14. The summed E-state index contributed by atoms with van der Waals surface area (Å²) < 4.78 is 25.7. The molecule has 1 aromatic carbocycles. The van der Waals surface area contributed by atoms with Crippen LogP contribution in [0, 0.1) is 5.82 Å². The van der Waals surface area contributed by atoms with Gasteiger partial charge in [0, 0.05) is 22.6 Å². The van der Waals surface area contributed by atoms with Crippen molar-refractivity contribution in [3.63, 3.8) is 0 Å². The Morgan fingerprint density at radius 3 is 2.94 bits per heavy atom. The number of nitrogens with one attached hydrogen (secondary N) is 1. The molecule has 0 bridgehead atoms. The predicted octanol–water partition coefficient (Wildman–Crippen LogP) is 4.53. The summed E-state index contributed by atoms with van der Waals surface area (Å²) in [5.41, 5.74) is 7.52. The molecule has 0 saturated carbocycles. The molecule has 1 aliphatic heterocycles. The lowest BCUT2D eigenvalue weighted by Gasteiger charge is -2.33. The molecule has 11 heteroatoms. The first-order chi connectivity index (χ1) is 16.4. The van der Waals surface area contributed by atoms with Crippen molar-refractivity contribution >= 4 is 39.5 Å². The van der Waals surface area contributed by atoms with Gasteiger partial charge in [0.05, 0.1) is 23.4 Å². The van der Waals surface area contributed by atoms with E-state index in [0.29, 0.717) is 51.3 Å². The number of hydrogen-bond donors (Lipinski definition) is 2. The third-order valence-electron chi connectivity index (χ3n) is 5.47. The second-order valence-corrected chi connectivity index (χ2v) is 9.61. The molecule has 4 aromatic rings. The van der Waals surface area contributed by atoms with Crippen LogP contribution in [0.25, 0.3) is 11.0 Å². The van der Waals surface area contributed by atoms with Gasteiger partial charge in [-0.05, 0) is 31.5 Å². The highest BCUT2D eigenvalue weighted by Crippen LogP contribution is 2.40. The topological polar surface area (TPSA) is 124 Å².